The number of methoxy groups -OCH3 is 1. The van der Waals surface area contributed by atoms with Crippen molar-refractivity contribution in [2.24, 2.45) is 0 Å². The van der Waals surface area contributed by atoms with Gasteiger partial charge >= 0.3 is 0 Å². The topological polar surface area (TPSA) is 67.6 Å². The molecule has 6 nitrogen and oxygen atoms in total. The van der Waals surface area contributed by atoms with Crippen molar-refractivity contribution in [3.63, 3.8) is 0 Å². The van der Waals surface area contributed by atoms with E-state index in [4.69, 9.17) is 4.74 Å². The maximum absolute atomic E-state index is 10.9. The second-order valence-corrected chi connectivity index (χ2v) is 4.29. The highest BCUT2D eigenvalue weighted by Crippen LogP contribution is 2.26. The number of anilines is 2. The number of non-ortho nitro benzene ring substituents is 1. The molecule has 0 atom stereocenters. The quantitative estimate of drug-likeness (QED) is 0.445. The van der Waals surface area contributed by atoms with Crippen LogP contribution in [0, 0.1) is 10.1 Å². The van der Waals surface area contributed by atoms with Crippen LogP contribution in [0.1, 0.15) is 13.3 Å². The van der Waals surface area contributed by atoms with E-state index in [9.17, 15) is 10.1 Å². The lowest BCUT2D eigenvalue weighted by Crippen LogP contribution is -2.20. The Balaban J connectivity index is 2.88. The highest BCUT2D eigenvalue weighted by Gasteiger charge is 2.11. The zero-order valence-electron chi connectivity index (χ0n) is 11.7. The van der Waals surface area contributed by atoms with Crippen LogP contribution in [0.5, 0.6) is 0 Å². The molecule has 1 aromatic rings. The molecular weight excluding hydrogens is 246 g/mol. The van der Waals surface area contributed by atoms with Gasteiger partial charge in [-0.1, -0.05) is 0 Å². The zero-order chi connectivity index (χ0) is 14.3. The molecule has 0 radical (unpaired) electrons. The second kappa shape index (κ2) is 7.58. The van der Waals surface area contributed by atoms with E-state index in [-0.39, 0.29) is 10.6 Å². The van der Waals surface area contributed by atoms with Crippen LogP contribution >= 0.6 is 0 Å². The molecule has 0 heterocycles. The predicted octanol–water partition coefficient (Wildman–Crippen LogP) is 2.50. The molecule has 0 fully saturated rings. The van der Waals surface area contributed by atoms with Crippen molar-refractivity contribution in [3.05, 3.63) is 28.3 Å². The van der Waals surface area contributed by atoms with Crippen LogP contribution in [-0.4, -0.2) is 38.8 Å². The fraction of sp³-hybridized carbons (Fsp3) is 0.538. The molecule has 1 rings (SSSR count). The van der Waals surface area contributed by atoms with Gasteiger partial charge in [0.05, 0.1) is 4.92 Å². The lowest BCUT2D eigenvalue weighted by molar-refractivity contribution is -0.384. The van der Waals surface area contributed by atoms with Crippen LogP contribution in [0.4, 0.5) is 17.1 Å². The highest BCUT2D eigenvalue weighted by atomic mass is 16.6. The molecule has 106 valence electrons. The summed E-state index contributed by atoms with van der Waals surface area (Å²) >= 11 is 0. The molecule has 0 saturated carbocycles. The summed E-state index contributed by atoms with van der Waals surface area (Å²) in [5, 5.41) is 14.0. The first-order valence-corrected chi connectivity index (χ1v) is 6.32. The summed E-state index contributed by atoms with van der Waals surface area (Å²) in [5.74, 6) is 0. The molecule has 0 unspecified atom stereocenters. The van der Waals surface area contributed by atoms with Gasteiger partial charge in [-0.25, -0.2) is 0 Å². The molecule has 0 aliphatic rings. The maximum atomic E-state index is 10.9. The monoisotopic (exact) mass is 267 g/mol. The van der Waals surface area contributed by atoms with Crippen LogP contribution in [-0.2, 0) is 4.74 Å². The van der Waals surface area contributed by atoms with E-state index in [1.165, 1.54) is 0 Å². The summed E-state index contributed by atoms with van der Waals surface area (Å²) in [4.78, 5) is 12.6. The fourth-order valence-corrected chi connectivity index (χ4v) is 1.80. The van der Waals surface area contributed by atoms with Crippen LogP contribution in [0.2, 0.25) is 0 Å². The molecule has 0 aromatic heterocycles. The SMILES string of the molecule is CCNc1cc(N(C)CCCOC)cc([N+](=O)[O-])c1. The summed E-state index contributed by atoms with van der Waals surface area (Å²) in [7, 11) is 3.58. The first-order chi connectivity index (χ1) is 9.08. The molecule has 19 heavy (non-hydrogen) atoms. The summed E-state index contributed by atoms with van der Waals surface area (Å²) in [6.07, 6.45) is 0.881. The molecule has 0 spiro atoms. The Hall–Kier alpha value is -1.82. The van der Waals surface area contributed by atoms with Gasteiger partial charge in [-0.15, -0.1) is 0 Å². The van der Waals surface area contributed by atoms with Gasteiger partial charge in [-0.2, -0.15) is 0 Å². The molecule has 0 bridgehead atoms. The predicted molar refractivity (Wildman–Crippen MR) is 77.0 cm³/mol. The lowest BCUT2D eigenvalue weighted by Gasteiger charge is -2.20. The minimum absolute atomic E-state index is 0.104. The maximum Gasteiger partial charge on any atom is 0.273 e. The van der Waals surface area contributed by atoms with Gasteiger partial charge in [0.25, 0.3) is 5.69 Å². The largest absolute Gasteiger partial charge is 0.385 e. The first-order valence-electron chi connectivity index (χ1n) is 6.32. The minimum Gasteiger partial charge on any atom is -0.385 e. The third-order valence-corrected chi connectivity index (χ3v) is 2.78. The number of nitrogens with one attached hydrogen (secondary N) is 1. The van der Waals surface area contributed by atoms with E-state index in [1.54, 1.807) is 19.2 Å². The third-order valence-electron chi connectivity index (χ3n) is 2.78. The number of nitro groups is 1. The average Bonchev–Trinajstić information content (AvgIpc) is 2.39. The third kappa shape index (κ3) is 4.75. The standard InChI is InChI=1S/C13H21N3O3/c1-4-14-11-8-12(10-13(9-11)16(17)18)15(2)6-5-7-19-3/h8-10,14H,4-7H2,1-3H3. The molecular formula is C13H21N3O3. The minimum atomic E-state index is -0.368. The van der Waals surface area contributed by atoms with E-state index >= 15 is 0 Å². The van der Waals surface area contributed by atoms with E-state index < -0.39 is 0 Å². The summed E-state index contributed by atoms with van der Waals surface area (Å²) in [6, 6.07) is 5.06. The molecule has 0 saturated heterocycles. The Labute approximate surface area is 113 Å². The number of ether oxygens (including phenoxy) is 1. The van der Waals surface area contributed by atoms with Crippen molar-refractivity contribution in [3.8, 4) is 0 Å². The van der Waals surface area contributed by atoms with Gasteiger partial charge in [0.15, 0.2) is 0 Å². The second-order valence-electron chi connectivity index (χ2n) is 4.29. The van der Waals surface area contributed by atoms with Gasteiger partial charge in [0, 0.05) is 57.4 Å². The van der Waals surface area contributed by atoms with E-state index in [1.807, 2.05) is 24.9 Å². The molecule has 1 N–H and O–H groups in total. The van der Waals surface area contributed by atoms with Crippen LogP contribution in [0.3, 0.4) is 0 Å². The van der Waals surface area contributed by atoms with Gasteiger partial charge in [0.2, 0.25) is 0 Å². The fourth-order valence-electron chi connectivity index (χ4n) is 1.80. The highest BCUT2D eigenvalue weighted by molar-refractivity contribution is 5.64. The lowest BCUT2D eigenvalue weighted by atomic mass is 10.2. The summed E-state index contributed by atoms with van der Waals surface area (Å²) in [5.41, 5.74) is 1.71. The van der Waals surface area contributed by atoms with Gasteiger partial charge in [-0.3, -0.25) is 10.1 Å². The van der Waals surface area contributed by atoms with E-state index in [0.717, 1.165) is 30.9 Å². The molecule has 6 heteroatoms. The zero-order valence-corrected chi connectivity index (χ0v) is 11.7. The molecule has 1 aromatic carbocycles. The van der Waals surface area contributed by atoms with Crippen molar-refractivity contribution < 1.29 is 9.66 Å². The number of benzene rings is 1. The average molecular weight is 267 g/mol. The Bertz CT molecular complexity index is 424. The Morgan fingerprint density at radius 1 is 1.42 bits per heavy atom. The summed E-state index contributed by atoms with van der Waals surface area (Å²) < 4.78 is 5.01. The number of nitro benzene ring substituents is 1. The molecule has 0 amide bonds. The van der Waals surface area contributed by atoms with Gasteiger partial charge in [0.1, 0.15) is 0 Å². The number of hydrogen-bond acceptors (Lipinski definition) is 5. The Morgan fingerprint density at radius 3 is 2.74 bits per heavy atom. The van der Waals surface area contributed by atoms with Gasteiger partial charge in [-0.05, 0) is 19.4 Å². The van der Waals surface area contributed by atoms with Crippen LogP contribution in [0.15, 0.2) is 18.2 Å². The first kappa shape index (κ1) is 15.2. The van der Waals surface area contributed by atoms with Crippen molar-refractivity contribution in [1.29, 1.82) is 0 Å². The Morgan fingerprint density at radius 2 is 2.16 bits per heavy atom. The van der Waals surface area contributed by atoms with Crippen molar-refractivity contribution in [2.45, 2.75) is 13.3 Å². The number of rotatable bonds is 8. The molecule has 0 aliphatic carbocycles. The smallest absolute Gasteiger partial charge is 0.273 e. The van der Waals surface area contributed by atoms with E-state index in [2.05, 4.69) is 5.32 Å². The number of hydrogen-bond donors (Lipinski definition) is 1. The normalized spacial score (nSPS) is 10.3. The summed E-state index contributed by atoms with van der Waals surface area (Å²) in [6.45, 7) is 4.16. The van der Waals surface area contributed by atoms with Gasteiger partial charge < -0.3 is 15.0 Å². The van der Waals surface area contributed by atoms with Crippen molar-refractivity contribution >= 4 is 17.1 Å². The van der Waals surface area contributed by atoms with Crippen LogP contribution < -0.4 is 10.2 Å². The van der Waals surface area contributed by atoms with Crippen LogP contribution in [0.25, 0.3) is 0 Å². The molecule has 0 aliphatic heterocycles. The van der Waals surface area contributed by atoms with Crippen molar-refractivity contribution in [2.75, 3.05) is 44.1 Å². The van der Waals surface area contributed by atoms with Crippen molar-refractivity contribution in [1.82, 2.24) is 0 Å². The Kier molecular flexibility index (Phi) is 6.08. The number of nitrogens with zero attached hydrogens (tertiary/aromatic N) is 2. The van der Waals surface area contributed by atoms with E-state index in [0.29, 0.717) is 6.61 Å².